The van der Waals surface area contributed by atoms with Crippen LogP contribution < -0.4 is 10.2 Å². The quantitative estimate of drug-likeness (QED) is 0.804. The van der Waals surface area contributed by atoms with Gasteiger partial charge in [-0.05, 0) is 20.2 Å². The van der Waals surface area contributed by atoms with Crippen LogP contribution in [0.2, 0.25) is 0 Å². The van der Waals surface area contributed by atoms with Crippen LogP contribution in [0.3, 0.4) is 0 Å². The van der Waals surface area contributed by atoms with E-state index in [2.05, 4.69) is 15.2 Å². The molecule has 0 radical (unpaired) electrons. The monoisotopic (exact) mass is 234 g/mol. The number of likely N-dealkylation sites (N-methyl/N-ethyl adjacent to an activating group) is 1. The van der Waals surface area contributed by atoms with Gasteiger partial charge in [-0.15, -0.1) is 0 Å². The topological polar surface area (TPSA) is 48.5 Å². The Kier molecular flexibility index (Phi) is 3.71. The largest absolute Gasteiger partial charge is 0.310 e. The van der Waals surface area contributed by atoms with Crippen LogP contribution in [0.4, 0.5) is 5.69 Å². The van der Waals surface area contributed by atoms with Crippen molar-refractivity contribution in [2.45, 2.75) is 6.54 Å². The van der Waals surface area contributed by atoms with Crippen LogP contribution in [0.5, 0.6) is 0 Å². The van der Waals surface area contributed by atoms with Gasteiger partial charge in [0.1, 0.15) is 0 Å². The molecular formula is C12H18N4O. The first-order chi connectivity index (χ1) is 8.18. The zero-order chi connectivity index (χ0) is 12.3. The van der Waals surface area contributed by atoms with Crippen LogP contribution in [-0.4, -0.2) is 49.5 Å². The van der Waals surface area contributed by atoms with Gasteiger partial charge in [0.05, 0.1) is 12.2 Å². The maximum atomic E-state index is 12.0. The Hall–Kier alpha value is -1.46. The molecule has 1 aliphatic rings. The summed E-state index contributed by atoms with van der Waals surface area (Å²) >= 11 is 0. The Morgan fingerprint density at radius 2 is 2.29 bits per heavy atom. The van der Waals surface area contributed by atoms with Gasteiger partial charge in [0, 0.05) is 37.6 Å². The van der Waals surface area contributed by atoms with Crippen molar-refractivity contribution in [3.63, 3.8) is 0 Å². The number of hydrogen-bond donors (Lipinski definition) is 1. The van der Waals surface area contributed by atoms with Crippen molar-refractivity contribution < 1.29 is 4.79 Å². The van der Waals surface area contributed by atoms with Gasteiger partial charge in [0.25, 0.3) is 0 Å². The molecule has 5 heteroatoms. The van der Waals surface area contributed by atoms with Crippen molar-refractivity contribution in [1.29, 1.82) is 0 Å². The molecule has 0 aliphatic carbocycles. The molecule has 92 valence electrons. The molecule has 0 spiro atoms. The fourth-order valence-electron chi connectivity index (χ4n) is 1.90. The molecule has 0 fully saturated rings. The zero-order valence-electron chi connectivity index (χ0n) is 10.3. The van der Waals surface area contributed by atoms with Crippen LogP contribution in [-0.2, 0) is 11.3 Å². The van der Waals surface area contributed by atoms with Gasteiger partial charge < -0.3 is 15.1 Å². The van der Waals surface area contributed by atoms with Gasteiger partial charge in [0.2, 0.25) is 5.91 Å². The zero-order valence-corrected chi connectivity index (χ0v) is 10.3. The van der Waals surface area contributed by atoms with Gasteiger partial charge >= 0.3 is 0 Å². The van der Waals surface area contributed by atoms with Crippen LogP contribution in [0.1, 0.15) is 5.56 Å². The highest BCUT2D eigenvalue weighted by molar-refractivity contribution is 5.96. The van der Waals surface area contributed by atoms with Crippen molar-refractivity contribution in [3.8, 4) is 0 Å². The average molecular weight is 234 g/mol. The molecular weight excluding hydrogens is 216 g/mol. The second-order valence-electron chi connectivity index (χ2n) is 4.46. The highest BCUT2D eigenvalue weighted by Gasteiger charge is 2.21. The van der Waals surface area contributed by atoms with Crippen LogP contribution in [0, 0.1) is 0 Å². The number of amides is 1. The third-order valence-corrected chi connectivity index (χ3v) is 2.83. The summed E-state index contributed by atoms with van der Waals surface area (Å²) in [6.45, 7) is 2.66. The molecule has 1 N–H and O–H groups in total. The van der Waals surface area contributed by atoms with E-state index in [-0.39, 0.29) is 5.91 Å². The fourth-order valence-corrected chi connectivity index (χ4v) is 1.90. The van der Waals surface area contributed by atoms with Crippen LogP contribution in [0.25, 0.3) is 0 Å². The minimum atomic E-state index is 0.122. The lowest BCUT2D eigenvalue weighted by Crippen LogP contribution is -2.39. The lowest BCUT2D eigenvalue weighted by atomic mass is 10.2. The average Bonchev–Trinajstić information content (AvgIpc) is 2.45. The van der Waals surface area contributed by atoms with E-state index in [0.29, 0.717) is 19.6 Å². The van der Waals surface area contributed by atoms with E-state index in [0.717, 1.165) is 17.8 Å². The standard InChI is InChI=1S/C12H18N4O/c1-15(2)5-6-16-11-3-4-13-7-10(11)8-14-9-12(16)17/h3-4,7,14H,5-6,8-9H2,1-2H3. The first-order valence-electron chi connectivity index (χ1n) is 5.77. The number of aromatic nitrogens is 1. The van der Waals surface area contributed by atoms with Crippen molar-refractivity contribution in [2.24, 2.45) is 0 Å². The molecule has 0 unspecified atom stereocenters. The number of carbonyl (C=O) groups is 1. The van der Waals surface area contributed by atoms with E-state index in [1.807, 2.05) is 31.3 Å². The minimum Gasteiger partial charge on any atom is -0.310 e. The molecule has 0 bridgehead atoms. The van der Waals surface area contributed by atoms with Crippen molar-refractivity contribution in [1.82, 2.24) is 15.2 Å². The second-order valence-corrected chi connectivity index (χ2v) is 4.46. The summed E-state index contributed by atoms with van der Waals surface area (Å²) in [5.41, 5.74) is 2.06. The SMILES string of the molecule is CN(C)CCN1C(=O)CNCc2cnccc21. The van der Waals surface area contributed by atoms with E-state index in [1.165, 1.54) is 0 Å². The highest BCUT2D eigenvalue weighted by atomic mass is 16.2. The summed E-state index contributed by atoms with van der Waals surface area (Å²) in [4.78, 5) is 20.0. The lowest BCUT2D eigenvalue weighted by Gasteiger charge is -2.24. The number of rotatable bonds is 3. The number of nitrogens with zero attached hydrogens (tertiary/aromatic N) is 3. The van der Waals surface area contributed by atoms with Gasteiger partial charge in [-0.25, -0.2) is 0 Å². The molecule has 0 saturated carbocycles. The van der Waals surface area contributed by atoms with E-state index in [1.54, 1.807) is 6.20 Å². The van der Waals surface area contributed by atoms with Gasteiger partial charge in [0.15, 0.2) is 0 Å². The molecule has 0 saturated heterocycles. The van der Waals surface area contributed by atoms with Crippen molar-refractivity contribution in [3.05, 3.63) is 24.0 Å². The summed E-state index contributed by atoms with van der Waals surface area (Å²) in [6, 6.07) is 1.91. The van der Waals surface area contributed by atoms with Crippen molar-refractivity contribution >= 4 is 11.6 Å². The fraction of sp³-hybridized carbons (Fsp3) is 0.500. The predicted octanol–water partition coefficient (Wildman–Crippen LogP) is 0.0794. The number of fused-ring (bicyclic) bond motifs is 1. The highest BCUT2D eigenvalue weighted by Crippen LogP contribution is 2.21. The third kappa shape index (κ3) is 2.81. The predicted molar refractivity (Wildman–Crippen MR) is 66.9 cm³/mol. The molecule has 17 heavy (non-hydrogen) atoms. The Labute approximate surface area is 101 Å². The first-order valence-corrected chi connectivity index (χ1v) is 5.77. The molecule has 1 aliphatic heterocycles. The molecule has 1 aromatic rings. The number of anilines is 1. The number of hydrogen-bond acceptors (Lipinski definition) is 4. The third-order valence-electron chi connectivity index (χ3n) is 2.83. The Morgan fingerprint density at radius 3 is 3.06 bits per heavy atom. The molecule has 1 amide bonds. The molecule has 0 aromatic carbocycles. The Morgan fingerprint density at radius 1 is 1.47 bits per heavy atom. The molecule has 2 rings (SSSR count). The van der Waals surface area contributed by atoms with E-state index < -0.39 is 0 Å². The van der Waals surface area contributed by atoms with E-state index in [4.69, 9.17) is 0 Å². The van der Waals surface area contributed by atoms with Gasteiger partial charge in [-0.1, -0.05) is 0 Å². The number of nitrogens with one attached hydrogen (secondary N) is 1. The van der Waals surface area contributed by atoms with Crippen LogP contribution in [0.15, 0.2) is 18.5 Å². The summed E-state index contributed by atoms with van der Waals surface area (Å²) in [5, 5.41) is 3.13. The summed E-state index contributed by atoms with van der Waals surface area (Å²) in [7, 11) is 4.02. The van der Waals surface area contributed by atoms with Gasteiger partial charge in [-0.3, -0.25) is 9.78 Å². The first kappa shape index (κ1) is 12.0. The van der Waals surface area contributed by atoms with Crippen LogP contribution >= 0.6 is 0 Å². The van der Waals surface area contributed by atoms with E-state index >= 15 is 0 Å². The molecule has 0 atom stereocenters. The maximum absolute atomic E-state index is 12.0. The molecule has 1 aromatic heterocycles. The summed E-state index contributed by atoms with van der Waals surface area (Å²) < 4.78 is 0. The number of pyridine rings is 1. The molecule has 5 nitrogen and oxygen atoms in total. The number of carbonyl (C=O) groups excluding carboxylic acids is 1. The Balaban J connectivity index is 2.24. The Bertz CT molecular complexity index is 405. The lowest BCUT2D eigenvalue weighted by molar-refractivity contribution is -0.117. The summed E-state index contributed by atoms with van der Waals surface area (Å²) in [5.74, 6) is 0.122. The smallest absolute Gasteiger partial charge is 0.241 e. The van der Waals surface area contributed by atoms with Crippen molar-refractivity contribution in [2.75, 3.05) is 38.6 Å². The summed E-state index contributed by atoms with van der Waals surface area (Å²) in [6.07, 6.45) is 3.56. The van der Waals surface area contributed by atoms with Gasteiger partial charge in [-0.2, -0.15) is 0 Å². The minimum absolute atomic E-state index is 0.122. The van der Waals surface area contributed by atoms with E-state index in [9.17, 15) is 4.79 Å². The normalized spacial score (nSPS) is 15.9. The molecule has 2 heterocycles. The second kappa shape index (κ2) is 5.25. The maximum Gasteiger partial charge on any atom is 0.241 e.